The monoisotopic (exact) mass is 519 g/mol. The summed E-state index contributed by atoms with van der Waals surface area (Å²) in [5.74, 6) is -0.212. The molecule has 0 saturated carbocycles. The van der Waals surface area contributed by atoms with Crippen molar-refractivity contribution in [3.8, 4) is 16.9 Å². The predicted molar refractivity (Wildman–Crippen MR) is 147 cm³/mol. The van der Waals surface area contributed by atoms with E-state index in [1.807, 2.05) is 84.9 Å². The highest BCUT2D eigenvalue weighted by molar-refractivity contribution is 5.95. The van der Waals surface area contributed by atoms with Crippen LogP contribution >= 0.6 is 12.4 Å². The van der Waals surface area contributed by atoms with Gasteiger partial charge in [0.2, 0.25) is 5.91 Å². The molecular formula is C29H30ClN3O4. The number of hydrogen-bond acceptors (Lipinski definition) is 5. The third-order valence-electron chi connectivity index (χ3n) is 5.98. The third-order valence-corrected chi connectivity index (χ3v) is 5.98. The average Bonchev–Trinajstić information content (AvgIpc) is 3.25. The molecule has 1 aliphatic heterocycles. The highest BCUT2D eigenvalue weighted by atomic mass is 35.5. The van der Waals surface area contributed by atoms with E-state index in [9.17, 15) is 9.59 Å². The molecule has 1 saturated heterocycles. The molecule has 1 heterocycles. The number of amidine groups is 1. The SMILES string of the molecule is Cl.N=C(N)c1ccc(-c2ccc(OC[C@@H]3C[C@@H](CC(=O)OCC=Cc4ccccc4)C(=O)N3)cc2)cc1. The molecule has 3 aromatic carbocycles. The van der Waals surface area contributed by atoms with E-state index in [-0.39, 0.29) is 49.2 Å². The van der Waals surface area contributed by atoms with Crippen LogP contribution in [0.2, 0.25) is 0 Å². The first-order chi connectivity index (χ1) is 17.5. The Balaban J connectivity index is 0.00000380. The van der Waals surface area contributed by atoms with Crippen molar-refractivity contribution in [2.45, 2.75) is 18.9 Å². The molecule has 0 unspecified atom stereocenters. The Bertz CT molecular complexity index is 1230. The largest absolute Gasteiger partial charge is 0.491 e. The fraction of sp³-hybridized carbons (Fsp3) is 0.207. The summed E-state index contributed by atoms with van der Waals surface area (Å²) < 4.78 is 11.1. The maximum Gasteiger partial charge on any atom is 0.306 e. The molecule has 0 spiro atoms. The molecule has 4 N–H and O–H groups in total. The summed E-state index contributed by atoms with van der Waals surface area (Å²) in [6.07, 6.45) is 4.25. The van der Waals surface area contributed by atoms with E-state index < -0.39 is 5.92 Å². The van der Waals surface area contributed by atoms with Crippen LogP contribution in [0.25, 0.3) is 17.2 Å². The molecule has 1 fully saturated rings. The number of rotatable bonds is 10. The van der Waals surface area contributed by atoms with Gasteiger partial charge in [0.15, 0.2) is 0 Å². The number of nitrogens with two attached hydrogens (primary N) is 1. The summed E-state index contributed by atoms with van der Waals surface area (Å²) in [7, 11) is 0. The molecule has 0 radical (unpaired) electrons. The zero-order valence-corrected chi connectivity index (χ0v) is 21.1. The minimum Gasteiger partial charge on any atom is -0.491 e. The summed E-state index contributed by atoms with van der Waals surface area (Å²) in [6, 6.07) is 24.7. The Morgan fingerprint density at radius 2 is 1.65 bits per heavy atom. The van der Waals surface area contributed by atoms with Crippen LogP contribution in [0.1, 0.15) is 24.0 Å². The first-order valence-corrected chi connectivity index (χ1v) is 11.8. The van der Waals surface area contributed by atoms with Crippen LogP contribution < -0.4 is 15.8 Å². The number of ether oxygens (including phenoxy) is 2. The van der Waals surface area contributed by atoms with Crippen LogP contribution in [0.15, 0.2) is 84.9 Å². The molecule has 1 amide bonds. The van der Waals surface area contributed by atoms with Gasteiger partial charge in [-0.05, 0) is 41.3 Å². The highest BCUT2D eigenvalue weighted by Crippen LogP contribution is 2.24. The van der Waals surface area contributed by atoms with Gasteiger partial charge in [-0.25, -0.2) is 0 Å². The summed E-state index contributed by atoms with van der Waals surface area (Å²) in [5, 5.41) is 10.4. The van der Waals surface area contributed by atoms with E-state index in [0.717, 1.165) is 16.7 Å². The van der Waals surface area contributed by atoms with Gasteiger partial charge in [-0.1, -0.05) is 72.8 Å². The number of carbonyl (C=O) groups excluding carboxylic acids is 2. The molecule has 0 bridgehead atoms. The van der Waals surface area contributed by atoms with Crippen molar-refractivity contribution in [3.63, 3.8) is 0 Å². The molecule has 37 heavy (non-hydrogen) atoms. The lowest BCUT2D eigenvalue weighted by Crippen LogP contribution is -2.31. The number of amides is 1. The Hall–Kier alpha value is -4.10. The lowest BCUT2D eigenvalue weighted by atomic mass is 10.0. The number of esters is 1. The maximum absolute atomic E-state index is 12.3. The second kappa shape index (κ2) is 13.3. The molecular weight excluding hydrogens is 490 g/mol. The standard InChI is InChI=1S/C29H29N3O4.ClH/c30-28(31)23-10-8-21(9-11-23)22-12-14-26(15-13-22)36-19-25-17-24(29(34)32-25)18-27(33)35-16-4-7-20-5-2-1-3-6-20;/h1-15,24-25H,16-19H2,(H3,30,31)(H,32,34);1H/t24-,25-;/m0./s1. The van der Waals surface area contributed by atoms with E-state index in [1.54, 1.807) is 6.08 Å². The van der Waals surface area contributed by atoms with Gasteiger partial charge in [0.25, 0.3) is 0 Å². The van der Waals surface area contributed by atoms with Crippen LogP contribution in [0, 0.1) is 11.3 Å². The van der Waals surface area contributed by atoms with Crippen molar-refractivity contribution in [1.82, 2.24) is 5.32 Å². The van der Waals surface area contributed by atoms with E-state index in [2.05, 4.69) is 5.32 Å². The van der Waals surface area contributed by atoms with Gasteiger partial charge in [0.1, 0.15) is 24.8 Å². The van der Waals surface area contributed by atoms with E-state index in [1.165, 1.54) is 0 Å². The Labute approximate surface area is 222 Å². The number of carbonyl (C=O) groups is 2. The normalized spacial score (nSPS) is 16.6. The first-order valence-electron chi connectivity index (χ1n) is 11.8. The molecule has 2 atom stereocenters. The van der Waals surface area contributed by atoms with Crippen molar-refractivity contribution in [2.75, 3.05) is 13.2 Å². The molecule has 1 aliphatic rings. The number of nitrogen functional groups attached to an aromatic ring is 1. The number of benzene rings is 3. The molecule has 0 aliphatic carbocycles. The highest BCUT2D eigenvalue weighted by Gasteiger charge is 2.34. The van der Waals surface area contributed by atoms with Crippen molar-refractivity contribution < 1.29 is 19.1 Å². The molecule has 0 aromatic heterocycles. The Morgan fingerprint density at radius 3 is 2.30 bits per heavy atom. The van der Waals surface area contributed by atoms with Gasteiger partial charge in [0.05, 0.1) is 18.4 Å². The van der Waals surface area contributed by atoms with Crippen molar-refractivity contribution in [3.05, 3.63) is 96.1 Å². The van der Waals surface area contributed by atoms with E-state index in [0.29, 0.717) is 24.3 Å². The van der Waals surface area contributed by atoms with Crippen molar-refractivity contribution in [2.24, 2.45) is 11.7 Å². The smallest absolute Gasteiger partial charge is 0.306 e. The lowest BCUT2D eigenvalue weighted by Gasteiger charge is -2.12. The molecule has 4 rings (SSSR count). The van der Waals surface area contributed by atoms with Gasteiger partial charge < -0.3 is 20.5 Å². The molecule has 3 aromatic rings. The van der Waals surface area contributed by atoms with Crippen LogP contribution in [0.3, 0.4) is 0 Å². The minimum absolute atomic E-state index is 0. The van der Waals surface area contributed by atoms with Crippen LogP contribution in [-0.2, 0) is 14.3 Å². The Morgan fingerprint density at radius 1 is 1.00 bits per heavy atom. The van der Waals surface area contributed by atoms with E-state index >= 15 is 0 Å². The summed E-state index contributed by atoms with van der Waals surface area (Å²) in [6.45, 7) is 0.495. The quantitative estimate of drug-likeness (QED) is 0.206. The van der Waals surface area contributed by atoms with Gasteiger partial charge in [-0.15, -0.1) is 12.4 Å². The predicted octanol–water partition coefficient (Wildman–Crippen LogP) is 4.59. The lowest BCUT2D eigenvalue weighted by molar-refractivity contribution is -0.145. The Kier molecular flexibility index (Phi) is 9.86. The van der Waals surface area contributed by atoms with Gasteiger partial charge in [0, 0.05) is 5.56 Å². The minimum atomic E-state index is -0.412. The van der Waals surface area contributed by atoms with E-state index in [4.69, 9.17) is 20.6 Å². The number of halogens is 1. The zero-order valence-electron chi connectivity index (χ0n) is 20.3. The fourth-order valence-corrected chi connectivity index (χ4v) is 4.05. The number of hydrogen-bond donors (Lipinski definition) is 3. The fourth-order valence-electron chi connectivity index (χ4n) is 4.05. The van der Waals surface area contributed by atoms with Crippen LogP contribution in [-0.4, -0.2) is 37.0 Å². The summed E-state index contributed by atoms with van der Waals surface area (Å²) in [5.41, 5.74) is 9.25. The third kappa shape index (κ3) is 7.95. The molecule has 8 heteroatoms. The maximum atomic E-state index is 12.3. The van der Waals surface area contributed by atoms with Crippen LogP contribution in [0.5, 0.6) is 5.75 Å². The van der Waals surface area contributed by atoms with Crippen LogP contribution in [0.4, 0.5) is 0 Å². The summed E-state index contributed by atoms with van der Waals surface area (Å²) >= 11 is 0. The second-order valence-electron chi connectivity index (χ2n) is 8.66. The first kappa shape index (κ1) is 27.5. The van der Waals surface area contributed by atoms with Gasteiger partial charge >= 0.3 is 5.97 Å². The van der Waals surface area contributed by atoms with Gasteiger partial charge in [-0.3, -0.25) is 15.0 Å². The molecule has 192 valence electrons. The molecule has 7 nitrogen and oxygen atoms in total. The topological polar surface area (TPSA) is 115 Å². The van der Waals surface area contributed by atoms with Crippen molar-refractivity contribution in [1.29, 1.82) is 5.41 Å². The second-order valence-corrected chi connectivity index (χ2v) is 8.66. The summed E-state index contributed by atoms with van der Waals surface area (Å²) in [4.78, 5) is 24.5. The van der Waals surface area contributed by atoms with Gasteiger partial charge in [-0.2, -0.15) is 0 Å². The average molecular weight is 520 g/mol. The number of nitrogens with one attached hydrogen (secondary N) is 2. The zero-order chi connectivity index (χ0) is 25.3. The van der Waals surface area contributed by atoms with Crippen molar-refractivity contribution >= 4 is 36.2 Å².